The number of rotatable bonds is 10. The van der Waals surface area contributed by atoms with E-state index >= 15 is 0 Å². The Kier molecular flexibility index (Phi) is 9.19. The lowest BCUT2D eigenvalue weighted by atomic mass is 10.1. The summed E-state index contributed by atoms with van der Waals surface area (Å²) in [5, 5.41) is 3.48. The van der Waals surface area contributed by atoms with Gasteiger partial charge in [-0.1, -0.05) is 60.7 Å². The summed E-state index contributed by atoms with van der Waals surface area (Å²) in [5.74, 6) is 1.54. The number of benzene rings is 2. The number of aliphatic imine (C=N–C) groups is 1. The molecule has 1 heterocycles. The number of hydrogen-bond acceptors (Lipinski definition) is 3. The molecule has 162 valence electrons. The second-order valence-electron chi connectivity index (χ2n) is 7.85. The van der Waals surface area contributed by atoms with Crippen LogP contribution in [0.3, 0.4) is 0 Å². The van der Waals surface area contributed by atoms with Gasteiger partial charge in [0.1, 0.15) is 0 Å². The molecular formula is C25H35N3O2. The average molecular weight is 410 g/mol. The minimum absolute atomic E-state index is 0.126. The highest BCUT2D eigenvalue weighted by Crippen LogP contribution is 2.18. The Hall–Kier alpha value is -2.37. The molecular weight excluding hydrogens is 374 g/mol. The molecule has 1 N–H and O–H groups in total. The molecule has 30 heavy (non-hydrogen) atoms. The molecule has 2 aromatic carbocycles. The predicted molar refractivity (Wildman–Crippen MR) is 123 cm³/mol. The first kappa shape index (κ1) is 22.3. The monoisotopic (exact) mass is 409 g/mol. The number of guanidine groups is 1. The van der Waals surface area contributed by atoms with Gasteiger partial charge in [-0.05, 0) is 30.9 Å². The van der Waals surface area contributed by atoms with Crippen molar-refractivity contribution >= 4 is 5.96 Å². The van der Waals surface area contributed by atoms with Crippen molar-refractivity contribution in [1.82, 2.24) is 10.2 Å². The third-order valence-electron chi connectivity index (χ3n) is 5.50. The Morgan fingerprint density at radius 3 is 2.60 bits per heavy atom. The van der Waals surface area contributed by atoms with Crippen LogP contribution in [-0.4, -0.2) is 50.8 Å². The van der Waals surface area contributed by atoms with Crippen LogP contribution in [0.1, 0.15) is 37.0 Å². The highest BCUT2D eigenvalue weighted by molar-refractivity contribution is 5.80. The molecule has 1 saturated heterocycles. The Morgan fingerprint density at radius 2 is 1.87 bits per heavy atom. The Morgan fingerprint density at radius 1 is 1.13 bits per heavy atom. The second kappa shape index (κ2) is 12.4. The molecule has 0 aromatic heterocycles. The van der Waals surface area contributed by atoms with Crippen LogP contribution in [0.4, 0.5) is 0 Å². The van der Waals surface area contributed by atoms with E-state index in [9.17, 15) is 0 Å². The van der Waals surface area contributed by atoms with E-state index in [2.05, 4.69) is 70.7 Å². The quantitative estimate of drug-likeness (QED) is 0.362. The lowest BCUT2D eigenvalue weighted by molar-refractivity contribution is 0.0645. The van der Waals surface area contributed by atoms with E-state index in [1.54, 1.807) is 0 Å². The topological polar surface area (TPSA) is 46.1 Å². The molecule has 0 bridgehead atoms. The molecule has 2 atom stereocenters. The van der Waals surface area contributed by atoms with Crippen molar-refractivity contribution in [3.63, 3.8) is 0 Å². The van der Waals surface area contributed by atoms with E-state index in [1.807, 2.05) is 19.2 Å². The highest BCUT2D eigenvalue weighted by atomic mass is 16.5. The minimum atomic E-state index is 0.126. The van der Waals surface area contributed by atoms with Crippen molar-refractivity contribution in [3.8, 4) is 0 Å². The maximum atomic E-state index is 5.96. The van der Waals surface area contributed by atoms with Crippen molar-refractivity contribution in [1.29, 1.82) is 0 Å². The first-order valence-corrected chi connectivity index (χ1v) is 11.0. The van der Waals surface area contributed by atoms with Gasteiger partial charge in [0.25, 0.3) is 0 Å². The van der Waals surface area contributed by atoms with Crippen LogP contribution in [0.2, 0.25) is 0 Å². The Labute approximate surface area is 181 Å². The molecule has 5 heteroatoms. The van der Waals surface area contributed by atoms with Crippen molar-refractivity contribution < 1.29 is 9.47 Å². The van der Waals surface area contributed by atoms with Gasteiger partial charge in [-0.15, -0.1) is 0 Å². The first-order chi connectivity index (χ1) is 14.8. The van der Waals surface area contributed by atoms with Crippen LogP contribution in [0.5, 0.6) is 0 Å². The summed E-state index contributed by atoms with van der Waals surface area (Å²) in [5.41, 5.74) is 2.45. The van der Waals surface area contributed by atoms with Crippen LogP contribution in [-0.2, 0) is 16.1 Å². The maximum Gasteiger partial charge on any atom is 0.193 e. The zero-order valence-electron chi connectivity index (χ0n) is 18.3. The van der Waals surface area contributed by atoms with Gasteiger partial charge in [-0.25, -0.2) is 0 Å². The number of hydrogen-bond donors (Lipinski definition) is 1. The molecule has 0 saturated carbocycles. The molecule has 1 aliphatic rings. The Balaban J connectivity index is 1.29. The summed E-state index contributed by atoms with van der Waals surface area (Å²) in [4.78, 5) is 6.80. The van der Waals surface area contributed by atoms with Gasteiger partial charge >= 0.3 is 0 Å². The molecule has 0 amide bonds. The van der Waals surface area contributed by atoms with Gasteiger partial charge in [0.15, 0.2) is 5.96 Å². The van der Waals surface area contributed by atoms with Gasteiger partial charge in [-0.3, -0.25) is 4.99 Å². The van der Waals surface area contributed by atoms with Crippen LogP contribution >= 0.6 is 0 Å². The smallest absolute Gasteiger partial charge is 0.193 e. The fourth-order valence-electron chi connectivity index (χ4n) is 3.76. The fourth-order valence-corrected chi connectivity index (χ4v) is 3.76. The third-order valence-corrected chi connectivity index (χ3v) is 5.50. The first-order valence-electron chi connectivity index (χ1n) is 11.0. The molecule has 0 aliphatic carbocycles. The fraction of sp³-hybridized carbons (Fsp3) is 0.480. The lowest BCUT2D eigenvalue weighted by Crippen LogP contribution is -2.40. The van der Waals surface area contributed by atoms with Gasteiger partial charge in [0, 0.05) is 39.2 Å². The van der Waals surface area contributed by atoms with E-state index in [0.29, 0.717) is 12.5 Å². The van der Waals surface area contributed by atoms with E-state index in [-0.39, 0.29) is 6.10 Å². The van der Waals surface area contributed by atoms with Crippen molar-refractivity contribution in [2.45, 2.75) is 32.5 Å². The number of nitrogens with zero attached hydrogens (tertiary/aromatic N) is 2. The molecule has 2 unspecified atom stereocenters. The van der Waals surface area contributed by atoms with Gasteiger partial charge in [0.2, 0.25) is 0 Å². The molecule has 1 fully saturated rings. The van der Waals surface area contributed by atoms with Gasteiger partial charge in [0.05, 0.1) is 19.3 Å². The van der Waals surface area contributed by atoms with Crippen molar-refractivity contribution in [2.75, 3.05) is 39.9 Å². The Bertz CT molecular complexity index is 752. The van der Waals surface area contributed by atoms with E-state index in [0.717, 1.165) is 51.6 Å². The maximum absolute atomic E-state index is 5.96. The molecule has 3 rings (SSSR count). The summed E-state index contributed by atoms with van der Waals surface area (Å²) >= 11 is 0. The van der Waals surface area contributed by atoms with Crippen molar-refractivity contribution in [3.05, 3.63) is 71.8 Å². The molecule has 2 aromatic rings. The predicted octanol–water partition coefficient (Wildman–Crippen LogP) is 4.27. The molecule has 0 radical (unpaired) electrons. The summed E-state index contributed by atoms with van der Waals surface area (Å²) in [6.07, 6.45) is 2.22. The molecule has 0 spiro atoms. The summed E-state index contributed by atoms with van der Waals surface area (Å²) in [6.45, 7) is 7.21. The number of nitrogens with one attached hydrogen (secondary N) is 1. The summed E-state index contributed by atoms with van der Waals surface area (Å²) in [7, 11) is 1.86. The van der Waals surface area contributed by atoms with Crippen LogP contribution in [0.25, 0.3) is 0 Å². The summed E-state index contributed by atoms with van der Waals surface area (Å²) < 4.78 is 11.9. The third kappa shape index (κ3) is 7.15. The van der Waals surface area contributed by atoms with Gasteiger partial charge < -0.3 is 19.7 Å². The molecule has 1 aliphatic heterocycles. The second-order valence-corrected chi connectivity index (χ2v) is 7.85. The zero-order valence-corrected chi connectivity index (χ0v) is 18.3. The van der Waals surface area contributed by atoms with E-state index in [4.69, 9.17) is 9.47 Å². The largest absolute Gasteiger partial charge is 0.376 e. The molecule has 5 nitrogen and oxygen atoms in total. The zero-order chi connectivity index (χ0) is 21.0. The van der Waals surface area contributed by atoms with Crippen LogP contribution < -0.4 is 5.32 Å². The number of likely N-dealkylation sites (tertiary alicyclic amines) is 1. The minimum Gasteiger partial charge on any atom is -0.376 e. The van der Waals surface area contributed by atoms with Crippen LogP contribution in [0.15, 0.2) is 65.7 Å². The lowest BCUT2D eigenvalue weighted by Gasteiger charge is -2.22. The normalized spacial score (nSPS) is 17.9. The average Bonchev–Trinajstić information content (AvgIpc) is 3.26. The summed E-state index contributed by atoms with van der Waals surface area (Å²) in [6, 6.07) is 20.7. The highest BCUT2D eigenvalue weighted by Gasteiger charge is 2.24. The van der Waals surface area contributed by atoms with E-state index < -0.39 is 0 Å². The standard InChI is InChI=1S/C25H35N3O2/c1-21(24-12-7-4-8-13-24)30-17-9-15-27-25(26-2)28-16-14-23(18-28)20-29-19-22-10-5-3-6-11-22/h3-8,10-13,21,23H,9,14-20H2,1-2H3,(H,26,27). The number of ether oxygens (including phenoxy) is 2. The van der Waals surface area contributed by atoms with Crippen LogP contribution in [0, 0.1) is 5.92 Å². The van der Waals surface area contributed by atoms with Gasteiger partial charge in [-0.2, -0.15) is 0 Å². The SMILES string of the molecule is CN=C(NCCCOC(C)c1ccccc1)N1CCC(COCc2ccccc2)C1. The van der Waals surface area contributed by atoms with Crippen molar-refractivity contribution in [2.24, 2.45) is 10.9 Å². The van der Waals surface area contributed by atoms with E-state index in [1.165, 1.54) is 11.1 Å².